The summed E-state index contributed by atoms with van der Waals surface area (Å²) in [6, 6.07) is 7.25. The van der Waals surface area contributed by atoms with Gasteiger partial charge in [-0.25, -0.2) is 12.7 Å². The van der Waals surface area contributed by atoms with E-state index < -0.39 is 10.0 Å². The second kappa shape index (κ2) is 5.90. The molecule has 6 heteroatoms. The first kappa shape index (κ1) is 14.3. The van der Waals surface area contributed by atoms with Gasteiger partial charge in [0.15, 0.2) is 0 Å². The number of ether oxygens (including phenoxy) is 1. The Hall–Kier alpha value is -1.11. The van der Waals surface area contributed by atoms with Crippen LogP contribution in [0, 0.1) is 0 Å². The van der Waals surface area contributed by atoms with Crippen LogP contribution in [0.2, 0.25) is 0 Å². The highest BCUT2D eigenvalue weighted by atomic mass is 32.2. The van der Waals surface area contributed by atoms with Gasteiger partial charge in [-0.15, -0.1) is 0 Å². The summed E-state index contributed by atoms with van der Waals surface area (Å²) in [7, 11) is -0.0507. The number of rotatable bonds is 5. The summed E-state index contributed by atoms with van der Waals surface area (Å²) in [4.78, 5) is 0. The lowest BCUT2D eigenvalue weighted by Crippen LogP contribution is -2.38. The molecule has 106 valence electrons. The van der Waals surface area contributed by atoms with Crippen LogP contribution in [0.5, 0.6) is 5.75 Å². The molecule has 0 amide bonds. The zero-order valence-corrected chi connectivity index (χ0v) is 12.1. The van der Waals surface area contributed by atoms with E-state index in [0.717, 1.165) is 25.1 Å². The summed E-state index contributed by atoms with van der Waals surface area (Å²) in [5.74, 6) is 0.690. The van der Waals surface area contributed by atoms with Crippen molar-refractivity contribution in [1.29, 1.82) is 0 Å². The van der Waals surface area contributed by atoms with Gasteiger partial charge in [0.2, 0.25) is 10.0 Å². The van der Waals surface area contributed by atoms with Crippen LogP contribution >= 0.6 is 0 Å². The van der Waals surface area contributed by atoms with Crippen LogP contribution in [-0.4, -0.2) is 46.0 Å². The predicted octanol–water partition coefficient (Wildman–Crippen LogP) is 0.819. The monoisotopic (exact) mass is 284 g/mol. The molecule has 0 bridgehead atoms. The Morgan fingerprint density at radius 2 is 2.26 bits per heavy atom. The van der Waals surface area contributed by atoms with Gasteiger partial charge in [-0.2, -0.15) is 0 Å². The molecule has 19 heavy (non-hydrogen) atoms. The van der Waals surface area contributed by atoms with E-state index in [1.807, 2.05) is 0 Å². The highest BCUT2D eigenvalue weighted by Gasteiger charge is 2.28. The fourth-order valence-corrected chi connectivity index (χ4v) is 3.69. The van der Waals surface area contributed by atoms with Crippen molar-refractivity contribution >= 4 is 10.0 Å². The number of hydrogen-bond donors (Lipinski definition) is 1. The molecule has 0 aliphatic carbocycles. The number of hydrogen-bond acceptors (Lipinski definition) is 4. The molecule has 1 atom stereocenters. The molecule has 0 spiro atoms. The molecule has 1 fully saturated rings. The quantitative estimate of drug-likeness (QED) is 0.869. The Morgan fingerprint density at radius 1 is 1.47 bits per heavy atom. The minimum atomic E-state index is -3.28. The Balaban J connectivity index is 2.11. The van der Waals surface area contributed by atoms with Crippen molar-refractivity contribution in [1.82, 2.24) is 9.62 Å². The van der Waals surface area contributed by atoms with E-state index in [1.165, 1.54) is 4.31 Å². The molecule has 1 unspecified atom stereocenters. The lowest BCUT2D eigenvalue weighted by Gasteiger charge is -2.23. The average molecular weight is 284 g/mol. The normalized spacial score (nSPS) is 19.8. The number of sulfonamides is 1. The molecule has 5 nitrogen and oxygen atoms in total. The topological polar surface area (TPSA) is 58.6 Å². The van der Waals surface area contributed by atoms with Gasteiger partial charge in [-0.3, -0.25) is 0 Å². The van der Waals surface area contributed by atoms with Crippen molar-refractivity contribution in [3.63, 3.8) is 0 Å². The summed E-state index contributed by atoms with van der Waals surface area (Å²) in [6.45, 7) is 1.61. The molecule has 2 rings (SSSR count). The molecule has 1 aliphatic heterocycles. The van der Waals surface area contributed by atoms with Crippen LogP contribution in [0.1, 0.15) is 12.0 Å². The van der Waals surface area contributed by atoms with E-state index in [9.17, 15) is 8.42 Å². The largest absolute Gasteiger partial charge is 0.497 e. The minimum absolute atomic E-state index is 0.0111. The molecular formula is C13H20N2O3S. The van der Waals surface area contributed by atoms with E-state index in [4.69, 9.17) is 4.74 Å². The number of likely N-dealkylation sites (N-methyl/N-ethyl adjacent to an activating group) is 1. The minimum Gasteiger partial charge on any atom is -0.497 e. The van der Waals surface area contributed by atoms with Gasteiger partial charge in [-0.05, 0) is 30.7 Å². The maximum absolute atomic E-state index is 12.3. The maximum atomic E-state index is 12.3. The second-order valence-corrected chi connectivity index (χ2v) is 6.80. The SMILES string of the molecule is COc1cccc(CS(=O)(=O)N(C)C2CCNC2)c1. The van der Waals surface area contributed by atoms with Crippen LogP contribution in [-0.2, 0) is 15.8 Å². The van der Waals surface area contributed by atoms with Crippen molar-refractivity contribution in [2.75, 3.05) is 27.2 Å². The first-order valence-electron chi connectivity index (χ1n) is 6.32. The first-order chi connectivity index (χ1) is 9.03. The summed E-state index contributed by atoms with van der Waals surface area (Å²) in [5.41, 5.74) is 0.747. The molecular weight excluding hydrogens is 264 g/mol. The fourth-order valence-electron chi connectivity index (χ4n) is 2.25. The number of methoxy groups -OCH3 is 1. The fraction of sp³-hybridized carbons (Fsp3) is 0.538. The van der Waals surface area contributed by atoms with Gasteiger partial charge in [-0.1, -0.05) is 12.1 Å². The highest BCUT2D eigenvalue weighted by molar-refractivity contribution is 7.88. The van der Waals surface area contributed by atoms with Gasteiger partial charge in [0.1, 0.15) is 5.75 Å². The predicted molar refractivity (Wildman–Crippen MR) is 74.7 cm³/mol. The Labute approximate surface area is 114 Å². The Bertz CT molecular complexity index is 524. The van der Waals surface area contributed by atoms with Crippen molar-refractivity contribution in [3.05, 3.63) is 29.8 Å². The van der Waals surface area contributed by atoms with Gasteiger partial charge in [0.25, 0.3) is 0 Å². The van der Waals surface area contributed by atoms with Crippen LogP contribution in [0.3, 0.4) is 0 Å². The van der Waals surface area contributed by atoms with Gasteiger partial charge >= 0.3 is 0 Å². The van der Waals surface area contributed by atoms with Gasteiger partial charge in [0.05, 0.1) is 12.9 Å². The summed E-state index contributed by atoms with van der Waals surface area (Å²) in [5, 5.41) is 3.18. The van der Waals surface area contributed by atoms with Crippen LogP contribution in [0.25, 0.3) is 0 Å². The number of nitrogens with zero attached hydrogens (tertiary/aromatic N) is 1. The van der Waals surface area contributed by atoms with E-state index in [2.05, 4.69) is 5.32 Å². The molecule has 0 radical (unpaired) electrons. The van der Waals surface area contributed by atoms with E-state index in [0.29, 0.717) is 5.75 Å². The summed E-state index contributed by atoms with van der Waals surface area (Å²) in [6.07, 6.45) is 0.869. The molecule has 1 aromatic rings. The molecule has 0 aromatic heterocycles. The first-order valence-corrected chi connectivity index (χ1v) is 7.93. The molecule has 1 N–H and O–H groups in total. The molecule has 1 aromatic carbocycles. The third kappa shape index (κ3) is 3.46. The lowest BCUT2D eigenvalue weighted by atomic mass is 10.2. The van der Waals surface area contributed by atoms with Crippen LogP contribution in [0.15, 0.2) is 24.3 Å². The third-order valence-corrected chi connectivity index (χ3v) is 5.34. The van der Waals surface area contributed by atoms with Crippen LogP contribution < -0.4 is 10.1 Å². The van der Waals surface area contributed by atoms with Gasteiger partial charge in [0, 0.05) is 19.6 Å². The summed E-state index contributed by atoms with van der Waals surface area (Å²) < 4.78 is 31.3. The Morgan fingerprint density at radius 3 is 2.89 bits per heavy atom. The highest BCUT2D eigenvalue weighted by Crippen LogP contribution is 2.18. The zero-order chi connectivity index (χ0) is 13.9. The van der Waals surface area contributed by atoms with Crippen molar-refractivity contribution in [2.24, 2.45) is 0 Å². The Kier molecular flexibility index (Phi) is 4.44. The second-order valence-electron chi connectivity index (χ2n) is 4.77. The van der Waals surface area contributed by atoms with E-state index in [1.54, 1.807) is 38.4 Å². The lowest BCUT2D eigenvalue weighted by molar-refractivity contribution is 0.387. The molecule has 1 saturated heterocycles. The van der Waals surface area contributed by atoms with E-state index in [-0.39, 0.29) is 11.8 Å². The standard InChI is InChI=1S/C13H20N2O3S/c1-15(12-6-7-14-9-12)19(16,17)10-11-4-3-5-13(8-11)18-2/h3-5,8,12,14H,6-7,9-10H2,1-2H3. The van der Waals surface area contributed by atoms with Crippen molar-refractivity contribution in [3.8, 4) is 5.75 Å². The maximum Gasteiger partial charge on any atom is 0.218 e. The number of benzene rings is 1. The molecule has 1 aliphatic rings. The van der Waals surface area contributed by atoms with Gasteiger partial charge < -0.3 is 10.1 Å². The molecule has 1 heterocycles. The number of nitrogens with one attached hydrogen (secondary N) is 1. The van der Waals surface area contributed by atoms with Crippen molar-refractivity contribution in [2.45, 2.75) is 18.2 Å². The smallest absolute Gasteiger partial charge is 0.218 e. The van der Waals surface area contributed by atoms with Crippen LogP contribution in [0.4, 0.5) is 0 Å². The molecule has 0 saturated carbocycles. The average Bonchev–Trinajstić information content (AvgIpc) is 2.91. The van der Waals surface area contributed by atoms with Crippen molar-refractivity contribution < 1.29 is 13.2 Å². The zero-order valence-electron chi connectivity index (χ0n) is 11.3. The van der Waals surface area contributed by atoms with E-state index >= 15 is 0 Å². The summed E-state index contributed by atoms with van der Waals surface area (Å²) >= 11 is 0. The third-order valence-electron chi connectivity index (χ3n) is 3.47.